The molecule has 0 saturated carbocycles. The van der Waals surface area contributed by atoms with Gasteiger partial charge in [0.25, 0.3) is 5.56 Å². The van der Waals surface area contributed by atoms with E-state index in [2.05, 4.69) is 17.0 Å². The van der Waals surface area contributed by atoms with Gasteiger partial charge in [-0.1, -0.05) is 60.6 Å². The van der Waals surface area contributed by atoms with Crippen LogP contribution < -0.4 is 19.6 Å². The third-order valence-electron chi connectivity index (χ3n) is 5.61. The number of unbranched alkanes of at least 4 members (excludes halogenated alkanes) is 1. The summed E-state index contributed by atoms with van der Waals surface area (Å²) in [5, 5.41) is 4.96. The summed E-state index contributed by atoms with van der Waals surface area (Å²) in [5.41, 5.74) is 1.45. The largest absolute Gasteiger partial charge is 0.493 e. The van der Waals surface area contributed by atoms with Gasteiger partial charge >= 0.3 is 0 Å². The predicted molar refractivity (Wildman–Crippen MR) is 147 cm³/mol. The van der Waals surface area contributed by atoms with Gasteiger partial charge in [0.05, 0.1) is 18.7 Å². The van der Waals surface area contributed by atoms with Crippen LogP contribution in [0.2, 0.25) is 5.02 Å². The van der Waals surface area contributed by atoms with Crippen LogP contribution in [0.3, 0.4) is 0 Å². The number of fused-ring (bicyclic) bond motifs is 1. The minimum Gasteiger partial charge on any atom is -0.493 e. The second kappa shape index (κ2) is 11.0. The lowest BCUT2D eigenvalue weighted by molar-refractivity contribution is 0.288. The van der Waals surface area contributed by atoms with E-state index in [4.69, 9.17) is 25.5 Å². The van der Waals surface area contributed by atoms with E-state index in [1.807, 2.05) is 48.5 Å². The molecule has 37 heavy (non-hydrogen) atoms. The molecule has 0 unspecified atom stereocenters. The van der Waals surface area contributed by atoms with E-state index < -0.39 is 0 Å². The Morgan fingerprint density at radius 2 is 1.97 bits per heavy atom. The molecule has 0 spiro atoms. The number of hydrogen-bond donors (Lipinski definition) is 0. The van der Waals surface area contributed by atoms with Crippen molar-refractivity contribution >= 4 is 46.1 Å². The Kier molecular flexibility index (Phi) is 7.39. The van der Waals surface area contributed by atoms with E-state index in [9.17, 15) is 4.79 Å². The lowest BCUT2D eigenvalue weighted by atomic mass is 10.2. The maximum atomic E-state index is 12.9. The van der Waals surface area contributed by atoms with Crippen molar-refractivity contribution in [3.05, 3.63) is 91.7 Å². The lowest BCUT2D eigenvalue weighted by Crippen LogP contribution is -2.23. The van der Waals surface area contributed by atoms with Crippen molar-refractivity contribution in [2.75, 3.05) is 13.7 Å². The molecular weight excluding hydrogens is 510 g/mol. The monoisotopic (exact) mass is 533 g/mol. The maximum absolute atomic E-state index is 12.9. The molecule has 0 aliphatic carbocycles. The third-order valence-corrected chi connectivity index (χ3v) is 6.89. The van der Waals surface area contributed by atoms with Gasteiger partial charge in [-0.25, -0.2) is 0 Å². The first-order chi connectivity index (χ1) is 18.1. The van der Waals surface area contributed by atoms with E-state index in [0.29, 0.717) is 50.0 Å². The van der Waals surface area contributed by atoms with E-state index >= 15 is 0 Å². The van der Waals surface area contributed by atoms with Gasteiger partial charge in [-0.3, -0.25) is 4.79 Å². The number of benzene rings is 2. The summed E-state index contributed by atoms with van der Waals surface area (Å²) in [6.45, 7) is 2.77. The van der Waals surface area contributed by atoms with Gasteiger partial charge in [0.2, 0.25) is 4.96 Å². The van der Waals surface area contributed by atoms with Gasteiger partial charge in [0.15, 0.2) is 17.3 Å². The molecule has 0 fully saturated rings. The summed E-state index contributed by atoms with van der Waals surface area (Å²) in [6, 6.07) is 16.8. The summed E-state index contributed by atoms with van der Waals surface area (Å²) in [4.78, 5) is 17.9. The van der Waals surface area contributed by atoms with Gasteiger partial charge in [-0.15, -0.1) is 5.10 Å². The van der Waals surface area contributed by atoms with Gasteiger partial charge in [0.1, 0.15) is 16.1 Å². The molecule has 2 aromatic carbocycles. The molecular formula is C28H24ClN3O4S. The zero-order chi connectivity index (χ0) is 25.8. The van der Waals surface area contributed by atoms with Gasteiger partial charge in [0, 0.05) is 11.6 Å². The average Bonchev–Trinajstić information content (AvgIpc) is 3.61. The average molecular weight is 534 g/mol. The number of aromatic nitrogens is 3. The molecule has 3 heterocycles. The predicted octanol–water partition coefficient (Wildman–Crippen LogP) is 5.97. The molecule has 0 aliphatic rings. The lowest BCUT2D eigenvalue weighted by Gasteiger charge is -2.10. The number of halogens is 1. The number of furan rings is 1. The summed E-state index contributed by atoms with van der Waals surface area (Å²) in [7, 11) is 1.62. The zero-order valence-electron chi connectivity index (χ0n) is 20.3. The molecule has 7 nitrogen and oxygen atoms in total. The van der Waals surface area contributed by atoms with Gasteiger partial charge in [-0.2, -0.15) is 9.50 Å². The van der Waals surface area contributed by atoms with Crippen LogP contribution in [-0.2, 0) is 0 Å². The van der Waals surface area contributed by atoms with Crippen molar-refractivity contribution in [2.45, 2.75) is 19.8 Å². The van der Waals surface area contributed by atoms with Crippen LogP contribution in [0.4, 0.5) is 0 Å². The highest BCUT2D eigenvalue weighted by Gasteiger charge is 2.11. The Balaban J connectivity index is 1.35. The highest BCUT2D eigenvalue weighted by atomic mass is 35.5. The highest BCUT2D eigenvalue weighted by Crippen LogP contribution is 2.30. The normalized spacial score (nSPS) is 12.1. The van der Waals surface area contributed by atoms with Crippen molar-refractivity contribution < 1.29 is 13.9 Å². The molecule has 0 amide bonds. The van der Waals surface area contributed by atoms with Crippen LogP contribution in [0.1, 0.15) is 36.9 Å². The fourth-order valence-corrected chi connectivity index (χ4v) is 4.81. The second-order valence-electron chi connectivity index (χ2n) is 8.21. The molecule has 0 saturated heterocycles. The number of nitrogens with zero attached hydrogens (tertiary/aromatic N) is 3. The first-order valence-corrected chi connectivity index (χ1v) is 13.0. The molecule has 5 rings (SSSR count). The fourth-order valence-electron chi connectivity index (χ4n) is 3.69. The van der Waals surface area contributed by atoms with Crippen molar-refractivity contribution in [2.24, 2.45) is 0 Å². The van der Waals surface area contributed by atoms with Crippen LogP contribution in [0.25, 0.3) is 34.5 Å². The summed E-state index contributed by atoms with van der Waals surface area (Å²) in [5.74, 6) is 3.00. The smallest absolute Gasteiger partial charge is 0.291 e. The Labute approximate surface area is 222 Å². The number of hydrogen-bond acceptors (Lipinski definition) is 7. The molecule has 0 N–H and O–H groups in total. The van der Waals surface area contributed by atoms with Crippen LogP contribution in [-0.4, -0.2) is 28.3 Å². The van der Waals surface area contributed by atoms with Crippen molar-refractivity contribution in [1.29, 1.82) is 0 Å². The number of thiazole rings is 1. The Morgan fingerprint density at radius 1 is 1.11 bits per heavy atom. The first-order valence-electron chi connectivity index (χ1n) is 11.8. The molecule has 0 aliphatic heterocycles. The van der Waals surface area contributed by atoms with E-state index in [1.165, 1.54) is 15.9 Å². The molecule has 5 aromatic rings. The molecule has 188 valence electrons. The maximum Gasteiger partial charge on any atom is 0.291 e. The van der Waals surface area contributed by atoms with E-state index in [0.717, 1.165) is 24.0 Å². The number of ether oxygens (including phenoxy) is 2. The number of rotatable bonds is 9. The zero-order valence-corrected chi connectivity index (χ0v) is 21.9. The van der Waals surface area contributed by atoms with Crippen molar-refractivity contribution in [3.63, 3.8) is 0 Å². The highest BCUT2D eigenvalue weighted by molar-refractivity contribution is 7.15. The SMILES string of the molecule is CCCCOc1ccc(/C=C/c2nc3s/c(=C\c4ccc(-c5ccccc5Cl)o4)c(=O)n3n2)cc1OC. The standard InChI is InChI=1S/C28H24ClN3O4S/c1-3-4-15-35-23-12-9-18(16-24(23)34-2)10-14-26-30-28-32(31-26)27(33)25(37-28)17-19-11-13-22(36-19)20-7-5-6-8-21(20)29/h5-14,16-17H,3-4,15H2,1-2H3/b14-10+,25-17-. The van der Waals surface area contributed by atoms with E-state index in [1.54, 1.807) is 31.4 Å². The minimum atomic E-state index is -0.252. The number of methoxy groups -OCH3 is 1. The Hall–Kier alpha value is -3.88. The summed E-state index contributed by atoms with van der Waals surface area (Å²) >= 11 is 7.51. The van der Waals surface area contributed by atoms with Crippen LogP contribution in [0.15, 0.2) is 63.8 Å². The Bertz CT molecular complexity index is 1690. The summed E-state index contributed by atoms with van der Waals surface area (Å²) < 4.78 is 18.9. The fraction of sp³-hybridized carbons (Fsp3) is 0.179. The van der Waals surface area contributed by atoms with Crippen molar-refractivity contribution in [1.82, 2.24) is 14.6 Å². The minimum absolute atomic E-state index is 0.252. The van der Waals surface area contributed by atoms with Gasteiger partial charge in [-0.05, 0) is 54.5 Å². The topological polar surface area (TPSA) is 78.9 Å². The molecule has 0 atom stereocenters. The molecule has 9 heteroatoms. The Morgan fingerprint density at radius 3 is 2.76 bits per heavy atom. The third kappa shape index (κ3) is 5.45. The molecule has 0 radical (unpaired) electrons. The van der Waals surface area contributed by atoms with E-state index in [-0.39, 0.29) is 5.56 Å². The van der Waals surface area contributed by atoms with Crippen LogP contribution >= 0.6 is 22.9 Å². The van der Waals surface area contributed by atoms with Crippen LogP contribution in [0, 0.1) is 0 Å². The van der Waals surface area contributed by atoms with Crippen molar-refractivity contribution in [3.8, 4) is 22.8 Å². The van der Waals surface area contributed by atoms with Crippen LogP contribution in [0.5, 0.6) is 11.5 Å². The molecule has 3 aromatic heterocycles. The first kappa shape index (κ1) is 24.8. The quantitative estimate of drug-likeness (QED) is 0.217. The summed E-state index contributed by atoms with van der Waals surface area (Å²) in [6.07, 6.45) is 7.37. The van der Waals surface area contributed by atoms with Gasteiger partial charge < -0.3 is 13.9 Å². The molecule has 0 bridgehead atoms. The second-order valence-corrected chi connectivity index (χ2v) is 9.62.